The Hall–Kier alpha value is -2.37. The van der Waals surface area contributed by atoms with E-state index in [9.17, 15) is 18.0 Å². The Balaban J connectivity index is 2.21. The van der Waals surface area contributed by atoms with Crippen LogP contribution in [-0.4, -0.2) is 22.8 Å². The summed E-state index contributed by atoms with van der Waals surface area (Å²) in [4.78, 5) is 17.2. The molecule has 21 heavy (non-hydrogen) atoms. The molecule has 1 aromatic carbocycles. The number of aromatic nitrogens is 1. The van der Waals surface area contributed by atoms with Gasteiger partial charge in [-0.05, 0) is 23.8 Å². The van der Waals surface area contributed by atoms with Crippen LogP contribution in [0.1, 0.15) is 21.5 Å². The zero-order valence-corrected chi connectivity index (χ0v) is 11.3. The zero-order chi connectivity index (χ0) is 15.5. The van der Waals surface area contributed by atoms with Crippen LogP contribution in [0, 0.1) is 0 Å². The van der Waals surface area contributed by atoms with E-state index in [1.54, 1.807) is 12.1 Å². The molecule has 0 spiro atoms. The van der Waals surface area contributed by atoms with E-state index in [0.29, 0.717) is 5.56 Å². The number of amides is 1. The summed E-state index contributed by atoms with van der Waals surface area (Å²) in [7, 11) is 1.46. The van der Waals surface area contributed by atoms with Crippen molar-refractivity contribution in [3.8, 4) is 0 Å². The van der Waals surface area contributed by atoms with Crippen molar-refractivity contribution >= 4 is 5.91 Å². The number of alkyl halides is 3. The lowest BCUT2D eigenvalue weighted by molar-refractivity contribution is -0.138. The van der Waals surface area contributed by atoms with Crippen LogP contribution < -0.4 is 0 Å². The average molecular weight is 294 g/mol. The molecule has 2 aromatic rings. The zero-order valence-electron chi connectivity index (χ0n) is 11.3. The fourth-order valence-electron chi connectivity index (χ4n) is 1.97. The summed E-state index contributed by atoms with van der Waals surface area (Å²) >= 11 is 0. The first kappa shape index (κ1) is 15.0. The standard InChI is InChI=1S/C15H13F3N2O/c1-20(14(21)11-6-4-8-19-9-11)10-12-5-2-3-7-13(12)15(16,17)18/h2-9H,10H2,1H3. The number of hydrogen-bond donors (Lipinski definition) is 0. The molecule has 110 valence electrons. The number of rotatable bonds is 3. The molecule has 0 fully saturated rings. The highest BCUT2D eigenvalue weighted by Gasteiger charge is 2.33. The maximum atomic E-state index is 12.9. The van der Waals surface area contributed by atoms with Crippen molar-refractivity contribution in [2.24, 2.45) is 0 Å². The quantitative estimate of drug-likeness (QED) is 0.869. The van der Waals surface area contributed by atoms with E-state index in [1.165, 1.54) is 42.5 Å². The lowest BCUT2D eigenvalue weighted by Crippen LogP contribution is -2.27. The Morgan fingerprint density at radius 1 is 1.19 bits per heavy atom. The van der Waals surface area contributed by atoms with Gasteiger partial charge in [-0.2, -0.15) is 13.2 Å². The topological polar surface area (TPSA) is 33.2 Å². The van der Waals surface area contributed by atoms with Crippen LogP contribution in [0.3, 0.4) is 0 Å². The molecule has 0 atom stereocenters. The Morgan fingerprint density at radius 2 is 1.90 bits per heavy atom. The van der Waals surface area contributed by atoms with Crippen molar-refractivity contribution in [1.82, 2.24) is 9.88 Å². The fraction of sp³-hybridized carbons (Fsp3) is 0.200. The number of benzene rings is 1. The van der Waals surface area contributed by atoms with Crippen molar-refractivity contribution in [1.29, 1.82) is 0 Å². The van der Waals surface area contributed by atoms with Crippen molar-refractivity contribution in [2.75, 3.05) is 7.05 Å². The summed E-state index contributed by atoms with van der Waals surface area (Å²) in [5.74, 6) is -0.375. The highest BCUT2D eigenvalue weighted by molar-refractivity contribution is 5.93. The van der Waals surface area contributed by atoms with Gasteiger partial charge in [0.05, 0.1) is 11.1 Å². The highest BCUT2D eigenvalue weighted by Crippen LogP contribution is 2.32. The highest BCUT2D eigenvalue weighted by atomic mass is 19.4. The van der Waals surface area contributed by atoms with Crippen molar-refractivity contribution < 1.29 is 18.0 Å². The second-order valence-corrected chi connectivity index (χ2v) is 4.56. The minimum atomic E-state index is -4.44. The molecule has 0 saturated carbocycles. The van der Waals surface area contributed by atoms with Gasteiger partial charge in [-0.25, -0.2) is 0 Å². The Kier molecular flexibility index (Phi) is 4.26. The van der Waals surface area contributed by atoms with Crippen molar-refractivity contribution in [2.45, 2.75) is 12.7 Å². The van der Waals surface area contributed by atoms with Gasteiger partial charge in [0.25, 0.3) is 5.91 Å². The normalized spacial score (nSPS) is 11.2. The van der Waals surface area contributed by atoms with Crippen LogP contribution in [0.4, 0.5) is 13.2 Å². The molecule has 0 aliphatic heterocycles. The predicted octanol–water partition coefficient (Wildman–Crippen LogP) is 3.37. The van der Waals surface area contributed by atoms with Gasteiger partial charge in [0, 0.05) is 26.0 Å². The van der Waals surface area contributed by atoms with Gasteiger partial charge >= 0.3 is 6.18 Å². The van der Waals surface area contributed by atoms with Crippen LogP contribution in [0.5, 0.6) is 0 Å². The number of nitrogens with zero attached hydrogens (tertiary/aromatic N) is 2. The van der Waals surface area contributed by atoms with Crippen molar-refractivity contribution in [3.63, 3.8) is 0 Å². The predicted molar refractivity (Wildman–Crippen MR) is 71.5 cm³/mol. The number of hydrogen-bond acceptors (Lipinski definition) is 2. The van der Waals surface area contributed by atoms with Crippen LogP contribution in [0.25, 0.3) is 0 Å². The molecule has 0 radical (unpaired) electrons. The van der Waals surface area contributed by atoms with Gasteiger partial charge < -0.3 is 4.90 Å². The van der Waals surface area contributed by atoms with Gasteiger partial charge in [-0.1, -0.05) is 18.2 Å². The summed E-state index contributed by atoms with van der Waals surface area (Å²) in [5.41, 5.74) is -0.329. The summed E-state index contributed by atoms with van der Waals surface area (Å²) in [5, 5.41) is 0. The van der Waals surface area contributed by atoms with Crippen LogP contribution in [0.2, 0.25) is 0 Å². The van der Waals surface area contributed by atoms with E-state index in [1.807, 2.05) is 0 Å². The van der Waals surface area contributed by atoms with E-state index in [2.05, 4.69) is 4.98 Å². The third-order valence-electron chi connectivity index (χ3n) is 2.99. The van der Waals surface area contributed by atoms with E-state index < -0.39 is 11.7 Å². The monoisotopic (exact) mass is 294 g/mol. The minimum Gasteiger partial charge on any atom is -0.337 e. The molecule has 0 aliphatic rings. The second kappa shape index (κ2) is 5.95. The Bertz CT molecular complexity index is 626. The molecule has 1 aromatic heterocycles. The Morgan fingerprint density at radius 3 is 2.52 bits per heavy atom. The number of pyridine rings is 1. The van der Waals surface area contributed by atoms with Gasteiger partial charge in [-0.3, -0.25) is 9.78 Å². The first-order valence-corrected chi connectivity index (χ1v) is 6.20. The number of carbonyl (C=O) groups excluding carboxylic acids is 1. The summed E-state index contributed by atoms with van der Waals surface area (Å²) in [6.45, 7) is -0.122. The first-order valence-electron chi connectivity index (χ1n) is 6.20. The third-order valence-corrected chi connectivity index (χ3v) is 2.99. The molecule has 1 heterocycles. The molecule has 3 nitrogen and oxygen atoms in total. The number of carbonyl (C=O) groups is 1. The lowest BCUT2D eigenvalue weighted by Gasteiger charge is -2.20. The summed E-state index contributed by atoms with van der Waals surface area (Å²) < 4.78 is 38.7. The Labute approximate surface area is 120 Å². The third kappa shape index (κ3) is 3.59. The molecular formula is C15H13F3N2O. The van der Waals surface area contributed by atoms with Gasteiger partial charge in [0.2, 0.25) is 0 Å². The molecular weight excluding hydrogens is 281 g/mol. The second-order valence-electron chi connectivity index (χ2n) is 4.56. The summed E-state index contributed by atoms with van der Waals surface area (Å²) in [6.07, 6.45) is -1.53. The van der Waals surface area contributed by atoms with E-state index >= 15 is 0 Å². The van der Waals surface area contributed by atoms with Crippen LogP contribution in [0.15, 0.2) is 48.8 Å². The molecule has 0 unspecified atom stereocenters. The maximum absolute atomic E-state index is 12.9. The van der Waals surface area contributed by atoms with Gasteiger partial charge in [0.1, 0.15) is 0 Å². The summed E-state index contributed by atoms with van der Waals surface area (Å²) in [6, 6.07) is 8.40. The molecule has 0 N–H and O–H groups in total. The molecule has 6 heteroatoms. The molecule has 0 saturated heterocycles. The van der Waals surface area contributed by atoms with Crippen molar-refractivity contribution in [3.05, 3.63) is 65.5 Å². The SMILES string of the molecule is CN(Cc1ccccc1C(F)(F)F)C(=O)c1cccnc1. The van der Waals surface area contributed by atoms with Crippen LogP contribution >= 0.6 is 0 Å². The minimum absolute atomic E-state index is 0.0599. The lowest BCUT2D eigenvalue weighted by atomic mass is 10.1. The van der Waals surface area contributed by atoms with E-state index in [-0.39, 0.29) is 18.0 Å². The number of halogens is 3. The average Bonchev–Trinajstić information content (AvgIpc) is 2.47. The van der Waals surface area contributed by atoms with E-state index in [4.69, 9.17) is 0 Å². The molecule has 2 rings (SSSR count). The largest absolute Gasteiger partial charge is 0.416 e. The van der Waals surface area contributed by atoms with Crippen LogP contribution in [-0.2, 0) is 12.7 Å². The molecule has 0 bridgehead atoms. The van der Waals surface area contributed by atoms with Gasteiger partial charge in [-0.15, -0.1) is 0 Å². The first-order chi connectivity index (χ1) is 9.89. The van der Waals surface area contributed by atoms with E-state index in [0.717, 1.165) is 6.07 Å². The smallest absolute Gasteiger partial charge is 0.337 e. The maximum Gasteiger partial charge on any atom is 0.416 e. The van der Waals surface area contributed by atoms with Gasteiger partial charge in [0.15, 0.2) is 0 Å². The fourth-order valence-corrected chi connectivity index (χ4v) is 1.97. The molecule has 1 amide bonds. The molecule has 0 aliphatic carbocycles.